The van der Waals surface area contributed by atoms with Crippen LogP contribution in [0.15, 0.2) is 24.3 Å². The number of carbonyl (C=O) groups is 2. The van der Waals surface area contributed by atoms with E-state index in [4.69, 9.17) is 9.47 Å². The Bertz CT molecular complexity index is 468. The minimum absolute atomic E-state index is 0.120. The zero-order valence-electron chi connectivity index (χ0n) is 13.6. The highest BCUT2D eigenvalue weighted by atomic mass is 16.5. The number of carbonyl (C=O) groups excluding carboxylic acids is 2. The van der Waals surface area contributed by atoms with Crippen molar-refractivity contribution in [3.63, 3.8) is 0 Å². The van der Waals surface area contributed by atoms with Crippen molar-refractivity contribution in [3.05, 3.63) is 29.8 Å². The van der Waals surface area contributed by atoms with Crippen molar-refractivity contribution in [2.24, 2.45) is 0 Å². The molecule has 0 heterocycles. The van der Waals surface area contributed by atoms with Gasteiger partial charge in [-0.3, -0.25) is 9.59 Å². The van der Waals surface area contributed by atoms with Crippen molar-refractivity contribution in [3.8, 4) is 5.75 Å². The maximum atomic E-state index is 12.2. The summed E-state index contributed by atoms with van der Waals surface area (Å²) in [6.45, 7) is 4.71. The Labute approximate surface area is 132 Å². The van der Waals surface area contributed by atoms with Crippen molar-refractivity contribution in [1.82, 2.24) is 0 Å². The molecule has 0 atom stereocenters. The minimum atomic E-state index is -0.135. The highest BCUT2D eigenvalue weighted by Crippen LogP contribution is 2.20. The summed E-state index contributed by atoms with van der Waals surface area (Å²) in [5, 5.41) is 0. The van der Waals surface area contributed by atoms with E-state index in [1.54, 1.807) is 0 Å². The summed E-state index contributed by atoms with van der Waals surface area (Å²) in [4.78, 5) is 23.4. The summed E-state index contributed by atoms with van der Waals surface area (Å²) >= 11 is 0. The number of Topliss-reactive ketones (excluding diaryl/α,β-unsaturated/α-hetero) is 1. The lowest BCUT2D eigenvalue weighted by molar-refractivity contribution is -0.143. The second-order valence-electron chi connectivity index (χ2n) is 5.07. The molecule has 122 valence electrons. The first kappa shape index (κ1) is 18.2. The van der Waals surface area contributed by atoms with E-state index in [1.165, 1.54) is 0 Å². The van der Waals surface area contributed by atoms with E-state index in [2.05, 4.69) is 0 Å². The summed E-state index contributed by atoms with van der Waals surface area (Å²) in [5.74, 6) is 0.649. The van der Waals surface area contributed by atoms with Gasteiger partial charge in [-0.1, -0.05) is 25.0 Å². The van der Waals surface area contributed by atoms with Gasteiger partial charge in [0.1, 0.15) is 5.75 Å². The van der Waals surface area contributed by atoms with Crippen LogP contribution in [-0.2, 0) is 9.53 Å². The first-order chi connectivity index (χ1) is 10.7. The van der Waals surface area contributed by atoms with Gasteiger partial charge in [-0.15, -0.1) is 0 Å². The van der Waals surface area contributed by atoms with Crippen LogP contribution in [0.4, 0.5) is 0 Å². The van der Waals surface area contributed by atoms with Gasteiger partial charge in [-0.05, 0) is 38.8 Å². The van der Waals surface area contributed by atoms with E-state index < -0.39 is 0 Å². The quantitative estimate of drug-likeness (QED) is 0.350. The van der Waals surface area contributed by atoms with Crippen molar-refractivity contribution in [2.45, 2.75) is 52.4 Å². The van der Waals surface area contributed by atoms with Gasteiger partial charge in [-0.2, -0.15) is 0 Å². The fraction of sp³-hybridized carbons (Fsp3) is 0.556. The maximum Gasteiger partial charge on any atom is 0.305 e. The van der Waals surface area contributed by atoms with E-state index >= 15 is 0 Å². The molecule has 4 heteroatoms. The molecule has 0 unspecified atom stereocenters. The Morgan fingerprint density at radius 1 is 0.909 bits per heavy atom. The molecule has 1 rings (SSSR count). The number of ether oxygens (including phenoxy) is 2. The molecule has 22 heavy (non-hydrogen) atoms. The predicted octanol–water partition coefficient (Wildman–Crippen LogP) is 4.17. The fourth-order valence-electron chi connectivity index (χ4n) is 2.25. The molecule has 0 bridgehead atoms. The molecule has 0 saturated carbocycles. The number of benzene rings is 1. The van der Waals surface area contributed by atoms with E-state index in [1.807, 2.05) is 38.1 Å². The van der Waals surface area contributed by atoms with E-state index in [0.29, 0.717) is 37.4 Å². The molecule has 0 aliphatic carbocycles. The van der Waals surface area contributed by atoms with Gasteiger partial charge in [0.25, 0.3) is 0 Å². The van der Waals surface area contributed by atoms with Gasteiger partial charge in [0, 0.05) is 12.8 Å². The van der Waals surface area contributed by atoms with Crippen LogP contribution >= 0.6 is 0 Å². The van der Waals surface area contributed by atoms with E-state index in [-0.39, 0.29) is 11.8 Å². The second-order valence-corrected chi connectivity index (χ2v) is 5.07. The third-order valence-corrected chi connectivity index (χ3v) is 3.33. The number of ketones is 1. The summed E-state index contributed by atoms with van der Waals surface area (Å²) in [6.07, 6.45) is 4.53. The summed E-state index contributed by atoms with van der Waals surface area (Å²) in [6, 6.07) is 7.37. The Hall–Kier alpha value is -1.84. The molecule has 0 aliphatic heterocycles. The third kappa shape index (κ3) is 6.74. The molecule has 0 aromatic heterocycles. The van der Waals surface area contributed by atoms with Crippen LogP contribution < -0.4 is 4.74 Å². The number of hydrogen-bond donors (Lipinski definition) is 0. The zero-order valence-corrected chi connectivity index (χ0v) is 13.6. The maximum absolute atomic E-state index is 12.2. The molecule has 0 saturated heterocycles. The lowest BCUT2D eigenvalue weighted by atomic mass is 10.0. The molecule has 0 fully saturated rings. The molecule has 0 amide bonds. The molecule has 0 spiro atoms. The molecule has 0 N–H and O–H groups in total. The number of esters is 1. The molecule has 0 aliphatic rings. The third-order valence-electron chi connectivity index (χ3n) is 3.33. The molecule has 4 nitrogen and oxygen atoms in total. The Morgan fingerprint density at radius 3 is 2.27 bits per heavy atom. The van der Waals surface area contributed by atoms with Gasteiger partial charge >= 0.3 is 5.97 Å². The molecule has 1 aromatic carbocycles. The average Bonchev–Trinajstić information content (AvgIpc) is 2.51. The van der Waals surface area contributed by atoms with Crippen LogP contribution in [0.3, 0.4) is 0 Å². The predicted molar refractivity (Wildman–Crippen MR) is 86.3 cm³/mol. The van der Waals surface area contributed by atoms with Gasteiger partial charge in [0.15, 0.2) is 5.78 Å². The zero-order chi connectivity index (χ0) is 16.2. The van der Waals surface area contributed by atoms with Crippen LogP contribution in [0.25, 0.3) is 0 Å². The van der Waals surface area contributed by atoms with Crippen LogP contribution in [0.2, 0.25) is 0 Å². The Balaban J connectivity index is 2.25. The first-order valence-corrected chi connectivity index (χ1v) is 8.09. The monoisotopic (exact) mass is 306 g/mol. The lowest BCUT2D eigenvalue weighted by Gasteiger charge is -2.09. The number of para-hydroxylation sites is 1. The van der Waals surface area contributed by atoms with Crippen molar-refractivity contribution in [2.75, 3.05) is 13.2 Å². The van der Waals surface area contributed by atoms with Gasteiger partial charge in [0.2, 0.25) is 0 Å². The van der Waals surface area contributed by atoms with Gasteiger partial charge in [0.05, 0.1) is 18.8 Å². The molecular weight excluding hydrogens is 280 g/mol. The first-order valence-electron chi connectivity index (χ1n) is 8.09. The Kier molecular flexibility index (Phi) is 8.96. The van der Waals surface area contributed by atoms with Gasteiger partial charge in [-0.25, -0.2) is 0 Å². The van der Waals surface area contributed by atoms with Gasteiger partial charge < -0.3 is 9.47 Å². The van der Waals surface area contributed by atoms with E-state index in [0.717, 1.165) is 25.7 Å². The minimum Gasteiger partial charge on any atom is -0.493 e. The fourth-order valence-corrected chi connectivity index (χ4v) is 2.25. The largest absolute Gasteiger partial charge is 0.493 e. The Morgan fingerprint density at radius 2 is 1.59 bits per heavy atom. The van der Waals surface area contributed by atoms with Crippen LogP contribution in [0, 0.1) is 0 Å². The number of hydrogen-bond acceptors (Lipinski definition) is 4. The molecule has 1 aromatic rings. The lowest BCUT2D eigenvalue weighted by Crippen LogP contribution is -2.04. The highest BCUT2D eigenvalue weighted by molar-refractivity contribution is 5.98. The van der Waals surface area contributed by atoms with Crippen molar-refractivity contribution >= 4 is 11.8 Å². The number of unbranched alkanes of at least 4 members (excludes halogenated alkanes) is 3. The molecular formula is C18H26O4. The second kappa shape index (κ2) is 10.8. The number of rotatable bonds is 11. The highest BCUT2D eigenvalue weighted by Gasteiger charge is 2.11. The standard InChI is InChI=1S/C18H26O4/c1-3-21-17-13-10-9-11-15(17)16(19)12-7-5-6-8-14-18(20)22-4-2/h9-11,13H,3-8,12,14H2,1-2H3. The average molecular weight is 306 g/mol. The van der Waals surface area contributed by atoms with Crippen molar-refractivity contribution < 1.29 is 19.1 Å². The normalized spacial score (nSPS) is 10.3. The van der Waals surface area contributed by atoms with Crippen LogP contribution in [-0.4, -0.2) is 25.0 Å². The topological polar surface area (TPSA) is 52.6 Å². The summed E-state index contributed by atoms with van der Waals surface area (Å²) in [7, 11) is 0. The van der Waals surface area contributed by atoms with Crippen LogP contribution in [0.5, 0.6) is 5.75 Å². The van der Waals surface area contributed by atoms with E-state index in [9.17, 15) is 9.59 Å². The SMILES string of the molecule is CCOC(=O)CCCCCCC(=O)c1ccccc1OCC. The van der Waals surface area contributed by atoms with Crippen molar-refractivity contribution in [1.29, 1.82) is 0 Å². The summed E-state index contributed by atoms with van der Waals surface area (Å²) in [5.41, 5.74) is 0.663. The smallest absolute Gasteiger partial charge is 0.305 e. The molecule has 0 radical (unpaired) electrons. The summed E-state index contributed by atoms with van der Waals surface area (Å²) < 4.78 is 10.4. The van der Waals surface area contributed by atoms with Crippen LogP contribution in [0.1, 0.15) is 62.7 Å².